The quantitative estimate of drug-likeness (QED) is 0.0837. The van der Waals surface area contributed by atoms with Gasteiger partial charge in [-0.25, -0.2) is 19.2 Å². The molecule has 0 bridgehead atoms. The first-order valence-corrected chi connectivity index (χ1v) is 13.9. The molecule has 0 heterocycles. The van der Waals surface area contributed by atoms with Gasteiger partial charge in [0.2, 0.25) is 0 Å². The summed E-state index contributed by atoms with van der Waals surface area (Å²) < 4.78 is 9.76. The minimum Gasteiger partial charge on any atom is -0.508 e. The molecule has 0 aliphatic carbocycles. The number of aromatic carboxylic acids is 2. The Balaban J connectivity index is 0.000000325. The molecule has 0 spiro atoms. The first-order valence-electron chi connectivity index (χ1n) is 13.9. The maximum atomic E-state index is 11.1. The number of carbonyl (C=O) groups is 4. The van der Waals surface area contributed by atoms with Gasteiger partial charge in [0.05, 0.1) is 11.1 Å². The van der Waals surface area contributed by atoms with E-state index in [0.717, 1.165) is 11.1 Å². The Morgan fingerprint density at radius 1 is 0.521 bits per heavy atom. The number of carboxylic acid groups (broad SMARTS) is 2. The van der Waals surface area contributed by atoms with Crippen molar-refractivity contribution in [1.29, 1.82) is 0 Å². The highest BCUT2D eigenvalue weighted by Gasteiger charge is 2.07. The molecule has 0 atom stereocenters. The number of rotatable bonds is 8. The van der Waals surface area contributed by atoms with E-state index in [1.54, 1.807) is 55.5 Å². The molecule has 0 saturated heterocycles. The fourth-order valence-corrected chi connectivity index (χ4v) is 2.94. The topological polar surface area (TPSA) is 168 Å². The van der Waals surface area contributed by atoms with Gasteiger partial charge in [0.1, 0.15) is 23.0 Å². The fourth-order valence-electron chi connectivity index (χ4n) is 2.94. The van der Waals surface area contributed by atoms with Crippen molar-refractivity contribution in [1.82, 2.24) is 0 Å². The predicted octanol–water partition coefficient (Wildman–Crippen LogP) is 7.80. The highest BCUT2D eigenvalue weighted by atomic mass is 16.5. The molecule has 0 aromatic heterocycles. The minimum atomic E-state index is -1.02. The van der Waals surface area contributed by atoms with Gasteiger partial charge in [0.15, 0.2) is 0 Å². The van der Waals surface area contributed by atoms with Gasteiger partial charge in [-0.15, -0.1) is 0 Å². The third-order valence-corrected chi connectivity index (χ3v) is 5.58. The molecule has 4 N–H and O–H groups in total. The SMILES string of the molecule is C=C(C)C(=O)Oc1ccc(C(=O)O)cc1.C=C(C)C(=O)Oc1ccc(O)cc1.C=Cc1ccc(C(=O)O)cc1.C=Cc1ccc(O)cc1. The molecule has 4 aromatic rings. The van der Waals surface area contributed by atoms with E-state index < -0.39 is 23.9 Å². The Kier molecular flexibility index (Phi) is 16.7. The smallest absolute Gasteiger partial charge is 0.338 e. The summed E-state index contributed by atoms with van der Waals surface area (Å²) in [5.74, 6) is -1.80. The number of benzene rings is 4. The van der Waals surface area contributed by atoms with Crippen molar-refractivity contribution in [3.05, 3.63) is 157 Å². The van der Waals surface area contributed by atoms with Crippen molar-refractivity contribution in [2.24, 2.45) is 0 Å². The van der Waals surface area contributed by atoms with Gasteiger partial charge in [0, 0.05) is 11.1 Å². The first-order chi connectivity index (χ1) is 22.7. The van der Waals surface area contributed by atoms with E-state index in [2.05, 4.69) is 26.3 Å². The van der Waals surface area contributed by atoms with Crippen molar-refractivity contribution in [3.8, 4) is 23.0 Å². The zero-order valence-electron chi connectivity index (χ0n) is 26.5. The molecule has 0 amide bonds. The van der Waals surface area contributed by atoms with Crippen molar-refractivity contribution in [2.75, 3.05) is 0 Å². The lowest BCUT2D eigenvalue weighted by atomic mass is 10.1. The zero-order chi connectivity index (χ0) is 36.2. The molecule has 0 radical (unpaired) electrons. The van der Waals surface area contributed by atoms with Crippen LogP contribution in [0.1, 0.15) is 45.7 Å². The molecule has 248 valence electrons. The molecule has 0 unspecified atom stereocenters. The normalized spacial score (nSPS) is 9.21. The maximum absolute atomic E-state index is 11.1. The number of phenols is 2. The summed E-state index contributed by atoms with van der Waals surface area (Å²) in [6, 6.07) is 24.9. The van der Waals surface area contributed by atoms with Gasteiger partial charge < -0.3 is 29.9 Å². The van der Waals surface area contributed by atoms with Crippen LogP contribution < -0.4 is 9.47 Å². The number of aromatic hydroxyl groups is 2. The van der Waals surface area contributed by atoms with E-state index >= 15 is 0 Å². The number of hydrogen-bond acceptors (Lipinski definition) is 8. The molecule has 48 heavy (non-hydrogen) atoms. The lowest BCUT2D eigenvalue weighted by Crippen LogP contribution is -2.08. The first kappa shape index (κ1) is 39.3. The molecular weight excluding hydrogens is 616 g/mol. The van der Waals surface area contributed by atoms with Crippen LogP contribution in [0.5, 0.6) is 23.0 Å². The molecule has 0 aliphatic heterocycles. The number of carbonyl (C=O) groups excluding carboxylic acids is 2. The Morgan fingerprint density at radius 2 is 0.792 bits per heavy atom. The van der Waals surface area contributed by atoms with Crippen LogP contribution in [0.3, 0.4) is 0 Å². The second-order valence-corrected chi connectivity index (χ2v) is 9.59. The highest BCUT2D eigenvalue weighted by Crippen LogP contribution is 2.17. The second-order valence-electron chi connectivity index (χ2n) is 9.59. The third kappa shape index (κ3) is 15.4. The standard InChI is InChI=1S/C11H10O4.C10H10O3.C9H8O2.C8H8O/c1-7(2)11(14)15-9-5-3-8(4-6-9)10(12)13;1-7(2)10(12)13-9-5-3-8(11)4-6-9;1-2-7-3-5-8(6-4-7)9(10)11;1-2-7-3-5-8(9)6-4-7/h3-6H,1H2,2H3,(H,12,13);3-6,11H,1H2,2H3;2-6H,1H2,(H,10,11);2-6,9H,1H2. The van der Waals surface area contributed by atoms with E-state index in [9.17, 15) is 19.2 Å². The summed E-state index contributed by atoms with van der Waals surface area (Å²) in [6.07, 6.45) is 3.41. The average Bonchev–Trinajstić information content (AvgIpc) is 3.07. The average molecular weight is 653 g/mol. The number of ether oxygens (including phenoxy) is 2. The maximum Gasteiger partial charge on any atom is 0.338 e. The number of esters is 2. The van der Waals surface area contributed by atoms with Crippen LogP contribution in [-0.4, -0.2) is 44.3 Å². The molecule has 0 fully saturated rings. The lowest BCUT2D eigenvalue weighted by Gasteiger charge is -2.03. The third-order valence-electron chi connectivity index (χ3n) is 5.58. The molecule has 10 heteroatoms. The number of hydrogen-bond donors (Lipinski definition) is 4. The van der Waals surface area contributed by atoms with Crippen LogP contribution in [0.25, 0.3) is 12.2 Å². The molecule has 4 aromatic carbocycles. The van der Waals surface area contributed by atoms with E-state index in [-0.39, 0.29) is 16.9 Å². The number of phenolic OH excluding ortho intramolecular Hbond substituents is 2. The molecular formula is C38H36O10. The van der Waals surface area contributed by atoms with E-state index in [1.165, 1.54) is 55.5 Å². The van der Waals surface area contributed by atoms with Crippen molar-refractivity contribution < 1.29 is 49.1 Å². The fraction of sp³-hybridized carbons (Fsp3) is 0.0526. The van der Waals surface area contributed by atoms with Crippen molar-refractivity contribution >= 4 is 36.0 Å². The van der Waals surface area contributed by atoms with Crippen LogP contribution >= 0.6 is 0 Å². The summed E-state index contributed by atoms with van der Waals surface area (Å²) in [7, 11) is 0. The Hall–Kier alpha value is -6.68. The Morgan fingerprint density at radius 3 is 1.08 bits per heavy atom. The molecule has 4 rings (SSSR count). The van der Waals surface area contributed by atoms with E-state index in [0.29, 0.717) is 28.4 Å². The summed E-state index contributed by atoms with van der Waals surface area (Å²) in [5, 5.41) is 34.9. The lowest BCUT2D eigenvalue weighted by molar-refractivity contribution is -0.130. The van der Waals surface area contributed by atoms with Crippen molar-refractivity contribution in [3.63, 3.8) is 0 Å². The van der Waals surface area contributed by atoms with Crippen LogP contribution in [0.4, 0.5) is 0 Å². The van der Waals surface area contributed by atoms with Crippen LogP contribution in [0.15, 0.2) is 135 Å². The highest BCUT2D eigenvalue weighted by molar-refractivity contribution is 5.90. The summed E-state index contributed by atoms with van der Waals surface area (Å²) in [4.78, 5) is 43.0. The van der Waals surface area contributed by atoms with Crippen molar-refractivity contribution in [2.45, 2.75) is 13.8 Å². The van der Waals surface area contributed by atoms with Gasteiger partial charge in [-0.2, -0.15) is 0 Å². The summed E-state index contributed by atoms with van der Waals surface area (Å²) >= 11 is 0. The van der Waals surface area contributed by atoms with E-state index in [1.807, 2.05) is 12.1 Å². The minimum absolute atomic E-state index is 0.134. The van der Waals surface area contributed by atoms with Crippen LogP contribution in [0, 0.1) is 0 Å². The van der Waals surface area contributed by atoms with Crippen LogP contribution in [0.2, 0.25) is 0 Å². The summed E-state index contributed by atoms with van der Waals surface area (Å²) in [6.45, 7) is 17.1. The number of carboxylic acids is 2. The Bertz CT molecular complexity index is 1720. The Labute approximate surface area is 278 Å². The van der Waals surface area contributed by atoms with Gasteiger partial charge in [-0.05, 0) is 97.8 Å². The van der Waals surface area contributed by atoms with Gasteiger partial charge in [0.25, 0.3) is 0 Å². The molecule has 10 nitrogen and oxygen atoms in total. The molecule has 0 aliphatic rings. The van der Waals surface area contributed by atoms with Gasteiger partial charge in [-0.3, -0.25) is 0 Å². The predicted molar refractivity (Wildman–Crippen MR) is 184 cm³/mol. The van der Waals surface area contributed by atoms with E-state index in [4.69, 9.17) is 29.9 Å². The van der Waals surface area contributed by atoms with Crippen LogP contribution in [-0.2, 0) is 9.59 Å². The van der Waals surface area contributed by atoms with Gasteiger partial charge in [-0.1, -0.05) is 62.7 Å². The zero-order valence-corrected chi connectivity index (χ0v) is 26.5. The summed E-state index contributed by atoms with van der Waals surface area (Å²) in [5.41, 5.74) is 3.02. The largest absolute Gasteiger partial charge is 0.508 e. The molecule has 0 saturated carbocycles. The monoisotopic (exact) mass is 652 g/mol. The van der Waals surface area contributed by atoms with Gasteiger partial charge >= 0.3 is 23.9 Å². The second kappa shape index (κ2) is 20.4.